The van der Waals surface area contributed by atoms with Gasteiger partial charge in [-0.2, -0.15) is 4.91 Å². The molecule has 0 radical (unpaired) electrons. The molecule has 1 aliphatic carbocycles. The lowest BCUT2D eigenvalue weighted by atomic mass is 9.85. The summed E-state index contributed by atoms with van der Waals surface area (Å²) < 4.78 is 1.92. The van der Waals surface area contributed by atoms with E-state index in [1.807, 2.05) is 16.5 Å². The fourth-order valence-corrected chi connectivity index (χ4v) is 3.63. The zero-order valence-electron chi connectivity index (χ0n) is 12.0. The summed E-state index contributed by atoms with van der Waals surface area (Å²) in [5, 5.41) is 3.99. The zero-order valence-corrected chi connectivity index (χ0v) is 12.8. The van der Waals surface area contributed by atoms with E-state index in [9.17, 15) is 4.91 Å². The molecule has 1 unspecified atom stereocenters. The number of halogens is 1. The highest BCUT2D eigenvalue weighted by atomic mass is 35.5. The molecule has 0 N–H and O–H groups in total. The molecule has 0 saturated heterocycles. The SMILES string of the molecule is O=NC(CCC1CCCCC1)c1cc(Cl)cc2cncn12. The zero-order chi connectivity index (χ0) is 14.7. The van der Waals surface area contributed by atoms with Gasteiger partial charge >= 0.3 is 0 Å². The summed E-state index contributed by atoms with van der Waals surface area (Å²) in [6.45, 7) is 0. The molecule has 1 aliphatic rings. The van der Waals surface area contributed by atoms with Crippen molar-refractivity contribution >= 4 is 17.1 Å². The number of hydrogen-bond donors (Lipinski definition) is 0. The highest BCUT2D eigenvalue weighted by Gasteiger charge is 2.20. The van der Waals surface area contributed by atoms with Crippen molar-refractivity contribution in [3.63, 3.8) is 0 Å². The van der Waals surface area contributed by atoms with E-state index in [1.165, 1.54) is 32.1 Å². The predicted octanol–water partition coefficient (Wildman–Crippen LogP) is 5.16. The first kappa shape index (κ1) is 14.5. The molecule has 1 saturated carbocycles. The van der Waals surface area contributed by atoms with Crippen LogP contribution in [0.25, 0.3) is 5.52 Å². The number of nitroso groups, excluding NO2 is 1. The van der Waals surface area contributed by atoms with Crippen LogP contribution >= 0.6 is 11.6 Å². The van der Waals surface area contributed by atoms with Crippen molar-refractivity contribution in [1.82, 2.24) is 9.38 Å². The number of nitrogens with zero attached hydrogens (tertiary/aromatic N) is 3. The van der Waals surface area contributed by atoms with Gasteiger partial charge in [-0.1, -0.05) is 48.9 Å². The maximum Gasteiger partial charge on any atom is 0.132 e. The largest absolute Gasteiger partial charge is 0.301 e. The van der Waals surface area contributed by atoms with Crippen LogP contribution in [0.4, 0.5) is 0 Å². The summed E-state index contributed by atoms with van der Waals surface area (Å²) in [6, 6.07) is 3.34. The first-order chi connectivity index (χ1) is 10.3. The first-order valence-electron chi connectivity index (χ1n) is 7.72. The number of rotatable bonds is 5. The van der Waals surface area contributed by atoms with Crippen molar-refractivity contribution in [3.05, 3.63) is 40.3 Å². The van der Waals surface area contributed by atoms with E-state index in [4.69, 9.17) is 11.6 Å². The summed E-state index contributed by atoms with van der Waals surface area (Å²) >= 11 is 6.15. The summed E-state index contributed by atoms with van der Waals surface area (Å²) in [5.74, 6) is 0.750. The number of hydrogen-bond acceptors (Lipinski definition) is 3. The second kappa shape index (κ2) is 6.56. The van der Waals surface area contributed by atoms with Gasteiger partial charge in [0.2, 0.25) is 0 Å². The van der Waals surface area contributed by atoms with E-state index in [2.05, 4.69) is 10.2 Å². The molecule has 1 atom stereocenters. The van der Waals surface area contributed by atoms with Gasteiger partial charge in [-0.25, -0.2) is 4.98 Å². The van der Waals surface area contributed by atoms with Crippen molar-refractivity contribution in [3.8, 4) is 0 Å². The normalized spacial score (nSPS) is 18.0. The molecule has 1 fully saturated rings. The van der Waals surface area contributed by atoms with Gasteiger partial charge in [-0.05, 0) is 30.9 Å². The quantitative estimate of drug-likeness (QED) is 0.717. The molecule has 2 heterocycles. The Morgan fingerprint density at radius 3 is 2.90 bits per heavy atom. The number of imidazole rings is 1. The van der Waals surface area contributed by atoms with Gasteiger partial charge in [-0.3, -0.25) is 0 Å². The van der Waals surface area contributed by atoms with E-state index < -0.39 is 0 Å². The molecule has 0 aliphatic heterocycles. The molecule has 5 heteroatoms. The Balaban J connectivity index is 1.77. The minimum Gasteiger partial charge on any atom is -0.301 e. The van der Waals surface area contributed by atoms with Gasteiger partial charge < -0.3 is 4.40 Å². The molecule has 2 aromatic heterocycles. The Kier molecular flexibility index (Phi) is 4.54. The molecule has 0 amide bonds. The molecule has 3 rings (SSSR count). The summed E-state index contributed by atoms with van der Waals surface area (Å²) in [7, 11) is 0. The smallest absolute Gasteiger partial charge is 0.132 e. The molecule has 112 valence electrons. The van der Waals surface area contributed by atoms with E-state index in [-0.39, 0.29) is 6.04 Å². The minimum absolute atomic E-state index is 0.345. The predicted molar refractivity (Wildman–Crippen MR) is 84.5 cm³/mol. The maximum absolute atomic E-state index is 11.3. The Morgan fingerprint density at radius 2 is 2.14 bits per heavy atom. The summed E-state index contributed by atoms with van der Waals surface area (Å²) in [5.41, 5.74) is 1.75. The highest BCUT2D eigenvalue weighted by molar-refractivity contribution is 6.31. The van der Waals surface area contributed by atoms with Gasteiger partial charge in [0.1, 0.15) is 6.04 Å². The molecule has 0 bridgehead atoms. The van der Waals surface area contributed by atoms with Gasteiger partial charge in [0, 0.05) is 5.02 Å². The van der Waals surface area contributed by atoms with E-state index in [0.29, 0.717) is 5.02 Å². The Bertz CT molecular complexity index is 619. The van der Waals surface area contributed by atoms with E-state index in [1.54, 1.807) is 12.5 Å². The van der Waals surface area contributed by atoms with E-state index >= 15 is 0 Å². The van der Waals surface area contributed by atoms with Crippen molar-refractivity contribution in [2.45, 2.75) is 51.0 Å². The lowest BCUT2D eigenvalue weighted by Crippen LogP contribution is -2.09. The first-order valence-corrected chi connectivity index (χ1v) is 8.09. The maximum atomic E-state index is 11.3. The van der Waals surface area contributed by atoms with Crippen LogP contribution in [0.5, 0.6) is 0 Å². The second-order valence-electron chi connectivity index (χ2n) is 5.99. The van der Waals surface area contributed by atoms with Crippen LogP contribution in [0.15, 0.2) is 29.8 Å². The second-order valence-corrected chi connectivity index (χ2v) is 6.43. The van der Waals surface area contributed by atoms with Crippen LogP contribution in [0.2, 0.25) is 5.02 Å². The van der Waals surface area contributed by atoms with Gasteiger partial charge in [0.05, 0.1) is 23.7 Å². The van der Waals surface area contributed by atoms with E-state index in [0.717, 1.165) is 30.0 Å². The van der Waals surface area contributed by atoms with Crippen molar-refractivity contribution in [1.29, 1.82) is 0 Å². The third-order valence-electron chi connectivity index (χ3n) is 4.56. The molecule has 0 spiro atoms. The average Bonchev–Trinajstić information content (AvgIpc) is 2.97. The minimum atomic E-state index is -0.345. The van der Waals surface area contributed by atoms with Gasteiger partial charge in [0.25, 0.3) is 0 Å². The van der Waals surface area contributed by atoms with Crippen LogP contribution < -0.4 is 0 Å². The average molecular weight is 306 g/mol. The third kappa shape index (κ3) is 3.26. The number of pyridine rings is 1. The Labute approximate surface area is 129 Å². The highest BCUT2D eigenvalue weighted by Crippen LogP contribution is 2.32. The van der Waals surface area contributed by atoms with Crippen molar-refractivity contribution in [2.24, 2.45) is 11.1 Å². The molecule has 2 aromatic rings. The molecular weight excluding hydrogens is 286 g/mol. The van der Waals surface area contributed by atoms with Crippen LogP contribution in [-0.2, 0) is 0 Å². The van der Waals surface area contributed by atoms with Crippen molar-refractivity contribution in [2.75, 3.05) is 0 Å². The van der Waals surface area contributed by atoms with Crippen LogP contribution in [0.3, 0.4) is 0 Å². The lowest BCUT2D eigenvalue weighted by Gasteiger charge is -2.22. The molecule has 4 nitrogen and oxygen atoms in total. The third-order valence-corrected chi connectivity index (χ3v) is 4.78. The van der Waals surface area contributed by atoms with Gasteiger partial charge in [-0.15, -0.1) is 0 Å². The number of fused-ring (bicyclic) bond motifs is 1. The van der Waals surface area contributed by atoms with Crippen LogP contribution in [0.1, 0.15) is 56.7 Å². The van der Waals surface area contributed by atoms with Crippen LogP contribution in [-0.4, -0.2) is 9.38 Å². The summed E-state index contributed by atoms with van der Waals surface area (Å²) in [6.07, 6.45) is 11.9. The van der Waals surface area contributed by atoms with Crippen LogP contribution in [0, 0.1) is 10.8 Å². The topological polar surface area (TPSA) is 46.7 Å². The molecular formula is C16H20ClN3O. The Hall–Kier alpha value is -1.42. The van der Waals surface area contributed by atoms with Crippen molar-refractivity contribution < 1.29 is 0 Å². The fourth-order valence-electron chi connectivity index (χ4n) is 3.40. The number of aromatic nitrogens is 2. The lowest BCUT2D eigenvalue weighted by molar-refractivity contribution is 0.323. The molecule has 0 aromatic carbocycles. The fraction of sp³-hybridized carbons (Fsp3) is 0.562. The Morgan fingerprint density at radius 1 is 1.33 bits per heavy atom. The van der Waals surface area contributed by atoms with Gasteiger partial charge in [0.15, 0.2) is 0 Å². The standard InChI is InChI=1S/C16H20ClN3O/c17-13-8-14-10-18-11-20(14)16(9-13)15(19-21)7-6-12-4-2-1-3-5-12/h8-12,15H,1-7H2. The summed E-state index contributed by atoms with van der Waals surface area (Å²) in [4.78, 5) is 15.5. The monoisotopic (exact) mass is 305 g/mol. The molecule has 21 heavy (non-hydrogen) atoms.